The molecule has 1 unspecified atom stereocenters. The van der Waals surface area contributed by atoms with Gasteiger partial charge in [0.05, 0.1) is 13.2 Å². The quantitative estimate of drug-likeness (QED) is 0.656. The molecule has 0 radical (unpaired) electrons. The molecule has 0 amide bonds. The SMILES string of the molecule is Cc1cn(C2CO[C@@H](CO)O2)c(=O)[nH]c1=O. The highest BCUT2D eigenvalue weighted by atomic mass is 16.7. The van der Waals surface area contributed by atoms with Crippen LogP contribution in [0.1, 0.15) is 11.8 Å². The Morgan fingerprint density at radius 1 is 1.62 bits per heavy atom. The van der Waals surface area contributed by atoms with Gasteiger partial charge in [-0.05, 0) is 6.92 Å². The Bertz CT molecular complexity index is 491. The van der Waals surface area contributed by atoms with Gasteiger partial charge in [0.2, 0.25) is 0 Å². The Labute approximate surface area is 90.2 Å². The normalized spacial score (nSPS) is 24.9. The van der Waals surface area contributed by atoms with E-state index < -0.39 is 23.8 Å². The van der Waals surface area contributed by atoms with Crippen molar-refractivity contribution < 1.29 is 14.6 Å². The second-order valence-electron chi connectivity index (χ2n) is 3.51. The zero-order chi connectivity index (χ0) is 11.7. The summed E-state index contributed by atoms with van der Waals surface area (Å²) in [6.07, 6.45) is 0.0823. The smallest absolute Gasteiger partial charge is 0.330 e. The molecular weight excluding hydrogens is 216 g/mol. The molecule has 1 fully saturated rings. The molecular formula is C9H12N2O5. The van der Waals surface area contributed by atoms with Crippen LogP contribution in [-0.2, 0) is 9.47 Å². The van der Waals surface area contributed by atoms with Crippen molar-refractivity contribution in [3.8, 4) is 0 Å². The lowest BCUT2D eigenvalue weighted by Gasteiger charge is -2.12. The van der Waals surface area contributed by atoms with Gasteiger partial charge in [0, 0.05) is 11.8 Å². The van der Waals surface area contributed by atoms with E-state index in [9.17, 15) is 9.59 Å². The number of aryl methyl sites for hydroxylation is 1. The third kappa shape index (κ3) is 1.92. The fraction of sp³-hybridized carbons (Fsp3) is 0.556. The fourth-order valence-electron chi connectivity index (χ4n) is 1.49. The lowest BCUT2D eigenvalue weighted by Crippen LogP contribution is -2.34. The Hall–Kier alpha value is -1.44. The molecule has 0 aromatic carbocycles. The van der Waals surface area contributed by atoms with Crippen LogP contribution in [0.25, 0.3) is 0 Å². The summed E-state index contributed by atoms with van der Waals surface area (Å²) in [5, 5.41) is 8.80. The van der Waals surface area contributed by atoms with Gasteiger partial charge in [-0.25, -0.2) is 4.79 Å². The number of aromatic nitrogens is 2. The van der Waals surface area contributed by atoms with Crippen molar-refractivity contribution in [2.45, 2.75) is 19.4 Å². The van der Waals surface area contributed by atoms with Gasteiger partial charge in [0.15, 0.2) is 12.5 Å². The van der Waals surface area contributed by atoms with Gasteiger partial charge in [-0.3, -0.25) is 14.3 Å². The van der Waals surface area contributed by atoms with Crippen molar-refractivity contribution in [2.75, 3.05) is 13.2 Å². The van der Waals surface area contributed by atoms with Gasteiger partial charge in [-0.1, -0.05) is 0 Å². The molecule has 88 valence electrons. The molecule has 1 aliphatic heterocycles. The predicted molar refractivity (Wildman–Crippen MR) is 53.0 cm³/mol. The summed E-state index contributed by atoms with van der Waals surface area (Å²) in [7, 11) is 0. The number of nitrogens with zero attached hydrogens (tertiary/aromatic N) is 1. The fourth-order valence-corrected chi connectivity index (χ4v) is 1.49. The van der Waals surface area contributed by atoms with Gasteiger partial charge in [-0.15, -0.1) is 0 Å². The number of hydrogen-bond acceptors (Lipinski definition) is 5. The van der Waals surface area contributed by atoms with Gasteiger partial charge < -0.3 is 14.6 Å². The average molecular weight is 228 g/mol. The van der Waals surface area contributed by atoms with Gasteiger partial charge in [-0.2, -0.15) is 0 Å². The number of nitrogens with one attached hydrogen (secondary N) is 1. The molecule has 7 heteroatoms. The minimum Gasteiger partial charge on any atom is -0.391 e. The van der Waals surface area contributed by atoms with Gasteiger partial charge in [0.1, 0.15) is 0 Å². The first kappa shape index (κ1) is 11.1. The molecule has 1 aromatic rings. The van der Waals surface area contributed by atoms with Crippen molar-refractivity contribution >= 4 is 0 Å². The van der Waals surface area contributed by atoms with E-state index in [1.54, 1.807) is 6.92 Å². The van der Waals surface area contributed by atoms with E-state index in [1.165, 1.54) is 10.8 Å². The number of aliphatic hydroxyl groups excluding tert-OH is 1. The van der Waals surface area contributed by atoms with Crippen LogP contribution < -0.4 is 11.2 Å². The van der Waals surface area contributed by atoms with Crippen LogP contribution in [-0.4, -0.2) is 34.2 Å². The summed E-state index contributed by atoms with van der Waals surface area (Å²) in [5.74, 6) is 0. The second-order valence-corrected chi connectivity index (χ2v) is 3.51. The van der Waals surface area contributed by atoms with Crippen LogP contribution in [0.4, 0.5) is 0 Å². The van der Waals surface area contributed by atoms with E-state index in [0.29, 0.717) is 5.56 Å². The number of H-pyrrole nitrogens is 1. The molecule has 0 aliphatic carbocycles. The Morgan fingerprint density at radius 3 is 3.00 bits per heavy atom. The second kappa shape index (κ2) is 4.20. The summed E-state index contributed by atoms with van der Waals surface area (Å²) < 4.78 is 11.6. The topological polar surface area (TPSA) is 93.6 Å². The van der Waals surface area contributed by atoms with E-state index in [1.807, 2.05) is 0 Å². The molecule has 0 spiro atoms. The van der Waals surface area contributed by atoms with Crippen LogP contribution in [0.3, 0.4) is 0 Å². The van der Waals surface area contributed by atoms with Crippen molar-refractivity contribution in [3.63, 3.8) is 0 Å². The Morgan fingerprint density at radius 2 is 2.38 bits per heavy atom. The molecule has 2 heterocycles. The molecule has 1 aromatic heterocycles. The maximum atomic E-state index is 11.5. The molecule has 0 saturated carbocycles. The molecule has 1 saturated heterocycles. The van der Waals surface area contributed by atoms with E-state index in [2.05, 4.69) is 4.98 Å². The summed E-state index contributed by atoms with van der Waals surface area (Å²) in [4.78, 5) is 24.8. The average Bonchev–Trinajstić information content (AvgIpc) is 2.71. The Kier molecular flexibility index (Phi) is 2.90. The first-order valence-electron chi connectivity index (χ1n) is 4.82. The Balaban J connectivity index is 2.32. The molecule has 7 nitrogen and oxygen atoms in total. The maximum Gasteiger partial charge on any atom is 0.330 e. The number of aliphatic hydroxyl groups is 1. The molecule has 1 aliphatic rings. The summed E-state index contributed by atoms with van der Waals surface area (Å²) in [5.41, 5.74) is -0.558. The molecule has 0 bridgehead atoms. The molecule has 16 heavy (non-hydrogen) atoms. The lowest BCUT2D eigenvalue weighted by atomic mass is 10.4. The molecule has 2 rings (SSSR count). The molecule has 2 atom stereocenters. The monoisotopic (exact) mass is 228 g/mol. The first-order chi connectivity index (χ1) is 7.61. The van der Waals surface area contributed by atoms with Crippen LogP contribution in [0.15, 0.2) is 15.8 Å². The van der Waals surface area contributed by atoms with E-state index in [-0.39, 0.29) is 13.2 Å². The van der Waals surface area contributed by atoms with Crippen molar-refractivity contribution in [1.82, 2.24) is 9.55 Å². The minimum absolute atomic E-state index is 0.163. The van der Waals surface area contributed by atoms with Crippen LogP contribution in [0.2, 0.25) is 0 Å². The van der Waals surface area contributed by atoms with Gasteiger partial charge in [0.25, 0.3) is 5.56 Å². The standard InChI is InChI=1S/C9H12N2O5/c1-5-2-11(9(14)10-8(5)13)6-4-15-7(3-12)16-6/h2,6-7,12H,3-4H2,1H3,(H,10,13,14)/t6?,7-/m1/s1. The summed E-state index contributed by atoms with van der Waals surface area (Å²) >= 11 is 0. The number of rotatable bonds is 2. The number of aromatic amines is 1. The van der Waals surface area contributed by atoms with E-state index in [0.717, 1.165) is 0 Å². The zero-order valence-electron chi connectivity index (χ0n) is 8.67. The summed E-state index contributed by atoms with van der Waals surface area (Å²) in [6, 6.07) is 0. The van der Waals surface area contributed by atoms with Crippen molar-refractivity contribution in [2.24, 2.45) is 0 Å². The van der Waals surface area contributed by atoms with Gasteiger partial charge >= 0.3 is 5.69 Å². The largest absolute Gasteiger partial charge is 0.391 e. The summed E-state index contributed by atoms with van der Waals surface area (Å²) in [6.45, 7) is 1.48. The zero-order valence-corrected chi connectivity index (χ0v) is 8.67. The highest BCUT2D eigenvalue weighted by molar-refractivity contribution is 5.01. The van der Waals surface area contributed by atoms with Crippen molar-refractivity contribution in [1.29, 1.82) is 0 Å². The molecule has 2 N–H and O–H groups in total. The third-order valence-electron chi connectivity index (χ3n) is 2.34. The minimum atomic E-state index is -0.718. The third-order valence-corrected chi connectivity index (χ3v) is 2.34. The number of hydrogen-bond donors (Lipinski definition) is 2. The maximum absolute atomic E-state index is 11.5. The first-order valence-corrected chi connectivity index (χ1v) is 4.82. The van der Waals surface area contributed by atoms with E-state index >= 15 is 0 Å². The highest BCUT2D eigenvalue weighted by Gasteiger charge is 2.27. The van der Waals surface area contributed by atoms with Crippen molar-refractivity contribution in [3.05, 3.63) is 32.6 Å². The van der Waals surface area contributed by atoms with E-state index in [4.69, 9.17) is 14.6 Å². The van der Waals surface area contributed by atoms with Crippen LogP contribution >= 0.6 is 0 Å². The predicted octanol–water partition coefficient (Wildman–Crippen LogP) is -1.29. The van der Waals surface area contributed by atoms with Crippen LogP contribution in [0.5, 0.6) is 0 Å². The van der Waals surface area contributed by atoms with Crippen LogP contribution in [0, 0.1) is 6.92 Å². The lowest BCUT2D eigenvalue weighted by molar-refractivity contribution is -0.0993. The highest BCUT2D eigenvalue weighted by Crippen LogP contribution is 2.18. The number of ether oxygens (including phenoxy) is 2.